The smallest absolute Gasteiger partial charge is 0.269 e. The molecule has 0 bridgehead atoms. The number of para-hydroxylation sites is 1. The van der Waals surface area contributed by atoms with Crippen LogP contribution in [0.2, 0.25) is 0 Å². The van der Waals surface area contributed by atoms with Crippen molar-refractivity contribution in [2.45, 2.75) is 24.0 Å². The number of ketones is 1. The first-order chi connectivity index (χ1) is 11.4. The second-order valence-corrected chi connectivity index (χ2v) is 6.52. The molecule has 24 heavy (non-hydrogen) atoms. The van der Waals surface area contributed by atoms with Crippen LogP contribution in [0, 0.1) is 10.1 Å². The van der Waals surface area contributed by atoms with Gasteiger partial charge in [0, 0.05) is 22.6 Å². The number of nitrogens with one attached hydrogen (secondary N) is 1. The predicted molar refractivity (Wildman–Crippen MR) is 93.5 cm³/mol. The molecule has 0 fully saturated rings. The van der Waals surface area contributed by atoms with Gasteiger partial charge >= 0.3 is 0 Å². The first-order valence-electron chi connectivity index (χ1n) is 7.20. The number of hydrogen-bond acceptors (Lipinski definition) is 5. The number of amides is 1. The van der Waals surface area contributed by atoms with Gasteiger partial charge in [0.2, 0.25) is 5.91 Å². The van der Waals surface area contributed by atoms with Crippen molar-refractivity contribution in [1.82, 2.24) is 0 Å². The Bertz CT molecular complexity index is 774. The molecule has 1 N–H and O–H groups in total. The minimum absolute atomic E-state index is 0.00633. The molecule has 1 unspecified atom stereocenters. The number of nitro groups is 1. The van der Waals surface area contributed by atoms with Gasteiger partial charge in [0.05, 0.1) is 15.9 Å². The fourth-order valence-corrected chi connectivity index (χ4v) is 2.90. The summed E-state index contributed by atoms with van der Waals surface area (Å²) in [5.41, 5.74) is 0.941. The van der Waals surface area contributed by atoms with Gasteiger partial charge in [-0.15, -0.1) is 11.8 Å². The van der Waals surface area contributed by atoms with Gasteiger partial charge in [-0.2, -0.15) is 0 Å². The Morgan fingerprint density at radius 3 is 2.33 bits per heavy atom. The molecular weight excluding hydrogens is 328 g/mol. The summed E-state index contributed by atoms with van der Waals surface area (Å²) in [5.74, 6) is -0.367. The summed E-state index contributed by atoms with van der Waals surface area (Å²) in [6, 6.07) is 12.8. The Kier molecular flexibility index (Phi) is 5.70. The molecule has 1 amide bonds. The van der Waals surface area contributed by atoms with Crippen LogP contribution in [0.15, 0.2) is 53.4 Å². The number of thioether (sulfide) groups is 1. The lowest BCUT2D eigenvalue weighted by molar-refractivity contribution is -0.384. The Morgan fingerprint density at radius 2 is 1.75 bits per heavy atom. The molecule has 7 heteroatoms. The van der Waals surface area contributed by atoms with Crippen LogP contribution < -0.4 is 5.32 Å². The van der Waals surface area contributed by atoms with Gasteiger partial charge in [-0.05, 0) is 38.1 Å². The third-order valence-electron chi connectivity index (χ3n) is 3.29. The average Bonchev–Trinajstić information content (AvgIpc) is 2.55. The SMILES string of the molecule is CC(=O)c1ccccc1NC(=O)C(C)Sc1ccc([N+](=O)[O-])cc1. The number of Topliss-reactive ketones (excluding diaryl/α,β-unsaturated/α-hetero) is 1. The minimum Gasteiger partial charge on any atom is -0.324 e. The van der Waals surface area contributed by atoms with Crippen LogP contribution in [-0.4, -0.2) is 21.9 Å². The maximum atomic E-state index is 12.3. The Balaban J connectivity index is 2.05. The van der Waals surface area contributed by atoms with E-state index >= 15 is 0 Å². The van der Waals surface area contributed by atoms with Crippen LogP contribution in [-0.2, 0) is 4.79 Å². The van der Waals surface area contributed by atoms with Crippen LogP contribution in [0.5, 0.6) is 0 Å². The van der Waals surface area contributed by atoms with Crippen molar-refractivity contribution in [1.29, 1.82) is 0 Å². The number of benzene rings is 2. The summed E-state index contributed by atoms with van der Waals surface area (Å²) in [4.78, 5) is 34.8. The zero-order valence-corrected chi connectivity index (χ0v) is 14.0. The molecule has 0 saturated carbocycles. The summed E-state index contributed by atoms with van der Waals surface area (Å²) in [6.45, 7) is 3.18. The van der Waals surface area contributed by atoms with Gasteiger partial charge in [0.1, 0.15) is 0 Å². The zero-order valence-electron chi connectivity index (χ0n) is 13.2. The van der Waals surface area contributed by atoms with Gasteiger partial charge in [0.15, 0.2) is 5.78 Å². The molecule has 0 aromatic heterocycles. The van der Waals surface area contributed by atoms with Crippen molar-refractivity contribution in [2.24, 2.45) is 0 Å². The van der Waals surface area contributed by atoms with Gasteiger partial charge in [-0.3, -0.25) is 19.7 Å². The molecule has 1 atom stereocenters. The number of nitrogens with zero attached hydrogens (tertiary/aromatic N) is 1. The van der Waals surface area contributed by atoms with E-state index in [0.29, 0.717) is 11.3 Å². The number of nitro benzene ring substituents is 1. The van der Waals surface area contributed by atoms with E-state index in [-0.39, 0.29) is 17.4 Å². The third kappa shape index (κ3) is 4.42. The second-order valence-electron chi connectivity index (χ2n) is 5.10. The number of hydrogen-bond donors (Lipinski definition) is 1. The summed E-state index contributed by atoms with van der Waals surface area (Å²) in [5, 5.41) is 13.0. The topological polar surface area (TPSA) is 89.3 Å². The molecule has 2 aromatic rings. The van der Waals surface area contributed by atoms with E-state index in [0.717, 1.165) is 4.90 Å². The van der Waals surface area contributed by atoms with Crippen LogP contribution in [0.3, 0.4) is 0 Å². The van der Waals surface area contributed by atoms with Crippen LogP contribution in [0.25, 0.3) is 0 Å². The molecule has 0 aliphatic carbocycles. The molecule has 0 saturated heterocycles. The maximum absolute atomic E-state index is 12.3. The highest BCUT2D eigenvalue weighted by Gasteiger charge is 2.17. The molecule has 0 aliphatic heterocycles. The molecule has 2 rings (SSSR count). The fraction of sp³-hybridized carbons (Fsp3) is 0.176. The molecule has 0 spiro atoms. The summed E-state index contributed by atoms with van der Waals surface area (Å²) in [7, 11) is 0. The van der Waals surface area contributed by atoms with E-state index in [2.05, 4.69) is 5.32 Å². The van der Waals surface area contributed by atoms with Crippen molar-refractivity contribution < 1.29 is 14.5 Å². The van der Waals surface area contributed by atoms with Crippen molar-refractivity contribution >= 4 is 34.8 Å². The van der Waals surface area contributed by atoms with Crippen molar-refractivity contribution in [2.75, 3.05) is 5.32 Å². The van der Waals surface area contributed by atoms with E-state index in [4.69, 9.17) is 0 Å². The van der Waals surface area contributed by atoms with E-state index in [9.17, 15) is 19.7 Å². The Morgan fingerprint density at radius 1 is 1.12 bits per heavy atom. The molecule has 0 heterocycles. The van der Waals surface area contributed by atoms with Crippen molar-refractivity contribution in [3.8, 4) is 0 Å². The number of anilines is 1. The molecule has 2 aromatic carbocycles. The first-order valence-corrected chi connectivity index (χ1v) is 8.08. The summed E-state index contributed by atoms with van der Waals surface area (Å²) < 4.78 is 0. The number of carbonyl (C=O) groups is 2. The van der Waals surface area contributed by atoms with Crippen LogP contribution in [0.4, 0.5) is 11.4 Å². The van der Waals surface area contributed by atoms with E-state index in [1.165, 1.54) is 30.8 Å². The second kappa shape index (κ2) is 7.74. The Labute approximate surface area is 143 Å². The summed E-state index contributed by atoms with van der Waals surface area (Å²) in [6.07, 6.45) is 0. The van der Waals surface area contributed by atoms with Gasteiger partial charge in [-0.1, -0.05) is 12.1 Å². The largest absolute Gasteiger partial charge is 0.324 e. The quantitative estimate of drug-likeness (QED) is 0.371. The third-order valence-corrected chi connectivity index (χ3v) is 4.41. The Hall–Kier alpha value is -2.67. The van der Waals surface area contributed by atoms with Gasteiger partial charge < -0.3 is 5.32 Å². The average molecular weight is 344 g/mol. The highest BCUT2D eigenvalue weighted by atomic mass is 32.2. The number of carbonyl (C=O) groups excluding carboxylic acids is 2. The minimum atomic E-state index is -0.469. The molecular formula is C17H16N2O4S. The fourth-order valence-electron chi connectivity index (χ4n) is 2.04. The lowest BCUT2D eigenvalue weighted by Crippen LogP contribution is -2.23. The summed E-state index contributed by atoms with van der Waals surface area (Å²) >= 11 is 1.29. The standard InChI is InChI=1S/C17H16N2O4S/c1-11(20)15-5-3-4-6-16(15)18-17(21)12(2)24-14-9-7-13(8-10-14)19(22)23/h3-10,12H,1-2H3,(H,18,21). The molecule has 0 radical (unpaired) electrons. The number of non-ortho nitro benzene ring substituents is 1. The maximum Gasteiger partial charge on any atom is 0.269 e. The van der Waals surface area contributed by atoms with Crippen LogP contribution >= 0.6 is 11.8 Å². The van der Waals surface area contributed by atoms with E-state index in [1.54, 1.807) is 43.3 Å². The van der Waals surface area contributed by atoms with Gasteiger partial charge in [-0.25, -0.2) is 0 Å². The van der Waals surface area contributed by atoms with Gasteiger partial charge in [0.25, 0.3) is 5.69 Å². The lowest BCUT2D eigenvalue weighted by atomic mass is 10.1. The van der Waals surface area contributed by atoms with Crippen molar-refractivity contribution in [3.63, 3.8) is 0 Å². The lowest BCUT2D eigenvalue weighted by Gasteiger charge is -2.13. The zero-order chi connectivity index (χ0) is 17.7. The molecule has 6 nitrogen and oxygen atoms in total. The van der Waals surface area contributed by atoms with Crippen molar-refractivity contribution in [3.05, 3.63) is 64.2 Å². The highest BCUT2D eigenvalue weighted by molar-refractivity contribution is 8.00. The highest BCUT2D eigenvalue weighted by Crippen LogP contribution is 2.26. The number of rotatable bonds is 6. The van der Waals surface area contributed by atoms with Crippen LogP contribution in [0.1, 0.15) is 24.2 Å². The molecule has 0 aliphatic rings. The molecule has 124 valence electrons. The van der Waals surface area contributed by atoms with E-state index < -0.39 is 10.2 Å². The first kappa shape index (κ1) is 17.7. The normalized spacial score (nSPS) is 11.6. The monoisotopic (exact) mass is 344 g/mol. The van der Waals surface area contributed by atoms with E-state index in [1.807, 2.05) is 0 Å². The predicted octanol–water partition coefficient (Wildman–Crippen LogP) is 3.92.